The molecule has 2 aromatic heterocycles. The monoisotopic (exact) mass is 290 g/mol. The Balaban J connectivity index is 1.91. The summed E-state index contributed by atoms with van der Waals surface area (Å²) in [7, 11) is 0. The zero-order chi connectivity index (χ0) is 11.7. The summed E-state index contributed by atoms with van der Waals surface area (Å²) < 4.78 is 2.93. The molecule has 0 bridgehead atoms. The lowest BCUT2D eigenvalue weighted by atomic mass is 10.3. The maximum atomic E-state index is 4.26. The van der Waals surface area contributed by atoms with Crippen molar-refractivity contribution < 1.29 is 0 Å². The van der Waals surface area contributed by atoms with E-state index < -0.39 is 0 Å². The molecule has 1 atom stereocenters. The smallest absolute Gasteiger partial charge is 0.126 e. The van der Waals surface area contributed by atoms with Crippen molar-refractivity contribution in [2.24, 2.45) is 0 Å². The van der Waals surface area contributed by atoms with Gasteiger partial charge in [0.25, 0.3) is 0 Å². The van der Waals surface area contributed by atoms with E-state index in [1.54, 1.807) is 6.20 Å². The van der Waals surface area contributed by atoms with Gasteiger partial charge in [0.15, 0.2) is 0 Å². The van der Waals surface area contributed by atoms with E-state index >= 15 is 0 Å². The fourth-order valence-corrected chi connectivity index (χ4v) is 2.22. The van der Waals surface area contributed by atoms with Crippen LogP contribution in [-0.4, -0.2) is 21.1 Å². The molecular formula is C12H11BrN4. The van der Waals surface area contributed by atoms with E-state index in [1.807, 2.05) is 24.8 Å². The molecule has 0 aromatic carbocycles. The molecule has 3 rings (SSSR count). The Morgan fingerprint density at radius 2 is 2.29 bits per heavy atom. The van der Waals surface area contributed by atoms with E-state index in [-0.39, 0.29) is 6.17 Å². The highest BCUT2D eigenvalue weighted by atomic mass is 79.9. The number of halogens is 1. The standard InChI is InChI=1S/C12H11BrN4/c13-11-4-3-10(8-15-11)17-6-1-2-12(17)16-7-5-14-9-16/h1-5,7-9,12H,6H2. The number of rotatable bonds is 2. The molecule has 4 nitrogen and oxygen atoms in total. The minimum absolute atomic E-state index is 0.195. The first kappa shape index (κ1) is 10.5. The van der Waals surface area contributed by atoms with Gasteiger partial charge in [-0.25, -0.2) is 9.97 Å². The van der Waals surface area contributed by atoms with E-state index in [0.717, 1.165) is 16.8 Å². The van der Waals surface area contributed by atoms with Crippen molar-refractivity contribution in [3.05, 3.63) is 53.8 Å². The lowest BCUT2D eigenvalue weighted by Crippen LogP contribution is -2.27. The molecule has 5 heteroatoms. The Labute approximate surface area is 108 Å². The molecule has 86 valence electrons. The second-order valence-corrected chi connectivity index (χ2v) is 4.66. The van der Waals surface area contributed by atoms with Crippen LogP contribution in [0.25, 0.3) is 0 Å². The van der Waals surface area contributed by atoms with Crippen LogP contribution in [0.2, 0.25) is 0 Å². The van der Waals surface area contributed by atoms with E-state index in [0.29, 0.717) is 0 Å². The summed E-state index contributed by atoms with van der Waals surface area (Å²) in [5.41, 5.74) is 1.11. The lowest BCUT2D eigenvalue weighted by molar-refractivity contribution is 0.598. The first-order valence-electron chi connectivity index (χ1n) is 5.37. The lowest BCUT2D eigenvalue weighted by Gasteiger charge is -2.27. The zero-order valence-corrected chi connectivity index (χ0v) is 10.7. The third-order valence-corrected chi connectivity index (χ3v) is 3.27. The first-order valence-corrected chi connectivity index (χ1v) is 6.16. The minimum Gasteiger partial charge on any atom is -0.342 e. The fraction of sp³-hybridized carbons (Fsp3) is 0.167. The molecule has 0 saturated heterocycles. The van der Waals surface area contributed by atoms with Gasteiger partial charge in [-0.1, -0.05) is 6.08 Å². The number of imidazole rings is 1. The van der Waals surface area contributed by atoms with Gasteiger partial charge in [0.2, 0.25) is 0 Å². The minimum atomic E-state index is 0.195. The first-order chi connectivity index (χ1) is 8.34. The topological polar surface area (TPSA) is 34.0 Å². The average molecular weight is 291 g/mol. The highest BCUT2D eigenvalue weighted by Crippen LogP contribution is 2.27. The van der Waals surface area contributed by atoms with E-state index in [2.05, 4.69) is 53.6 Å². The van der Waals surface area contributed by atoms with Crippen molar-refractivity contribution in [3.8, 4) is 0 Å². The third-order valence-electron chi connectivity index (χ3n) is 2.80. The van der Waals surface area contributed by atoms with Gasteiger partial charge in [0.05, 0.1) is 18.2 Å². The predicted molar refractivity (Wildman–Crippen MR) is 69.7 cm³/mol. The van der Waals surface area contributed by atoms with Crippen LogP contribution in [-0.2, 0) is 0 Å². The van der Waals surface area contributed by atoms with Gasteiger partial charge < -0.3 is 9.47 Å². The van der Waals surface area contributed by atoms with Crippen LogP contribution in [0.15, 0.2) is 53.8 Å². The number of anilines is 1. The summed E-state index contributed by atoms with van der Waals surface area (Å²) >= 11 is 3.35. The molecule has 0 spiro atoms. The van der Waals surface area contributed by atoms with Crippen molar-refractivity contribution in [1.29, 1.82) is 0 Å². The van der Waals surface area contributed by atoms with Crippen LogP contribution in [0.3, 0.4) is 0 Å². The Morgan fingerprint density at radius 3 is 3.00 bits per heavy atom. The van der Waals surface area contributed by atoms with Gasteiger partial charge >= 0.3 is 0 Å². The maximum Gasteiger partial charge on any atom is 0.126 e. The van der Waals surface area contributed by atoms with Crippen LogP contribution >= 0.6 is 15.9 Å². The van der Waals surface area contributed by atoms with Crippen molar-refractivity contribution in [2.75, 3.05) is 11.4 Å². The summed E-state index contributed by atoms with van der Waals surface area (Å²) in [4.78, 5) is 10.6. The molecular weight excluding hydrogens is 280 g/mol. The molecule has 1 aliphatic rings. The van der Waals surface area contributed by atoms with Gasteiger partial charge in [-0.15, -0.1) is 0 Å². The Hall–Kier alpha value is -1.62. The second-order valence-electron chi connectivity index (χ2n) is 3.84. The number of pyridine rings is 1. The van der Waals surface area contributed by atoms with Crippen molar-refractivity contribution >= 4 is 21.6 Å². The third kappa shape index (κ3) is 1.98. The molecule has 0 amide bonds. The quantitative estimate of drug-likeness (QED) is 0.630. The SMILES string of the molecule is Brc1ccc(N2CC=CC2n2ccnc2)cn1. The summed E-state index contributed by atoms with van der Waals surface area (Å²) in [5, 5.41) is 0. The van der Waals surface area contributed by atoms with Crippen molar-refractivity contribution in [3.63, 3.8) is 0 Å². The van der Waals surface area contributed by atoms with Crippen molar-refractivity contribution in [2.45, 2.75) is 6.17 Å². The molecule has 2 aromatic rings. The zero-order valence-electron chi connectivity index (χ0n) is 9.07. The van der Waals surface area contributed by atoms with Crippen LogP contribution < -0.4 is 4.90 Å². The second kappa shape index (κ2) is 4.33. The number of hydrogen-bond donors (Lipinski definition) is 0. The number of nitrogens with zero attached hydrogens (tertiary/aromatic N) is 4. The number of aromatic nitrogens is 3. The van der Waals surface area contributed by atoms with E-state index in [9.17, 15) is 0 Å². The normalized spacial score (nSPS) is 18.9. The molecule has 0 N–H and O–H groups in total. The molecule has 3 heterocycles. The van der Waals surface area contributed by atoms with E-state index in [1.165, 1.54) is 0 Å². The highest BCUT2D eigenvalue weighted by molar-refractivity contribution is 9.10. The van der Waals surface area contributed by atoms with Crippen LogP contribution in [0.4, 0.5) is 5.69 Å². The summed E-state index contributed by atoms with van der Waals surface area (Å²) in [5.74, 6) is 0. The molecule has 1 unspecified atom stereocenters. The summed E-state index contributed by atoms with van der Waals surface area (Å²) in [6.45, 7) is 0.895. The highest BCUT2D eigenvalue weighted by Gasteiger charge is 2.21. The molecule has 0 fully saturated rings. The summed E-state index contributed by atoms with van der Waals surface area (Å²) in [6, 6.07) is 4.02. The van der Waals surface area contributed by atoms with Crippen LogP contribution in [0, 0.1) is 0 Å². The van der Waals surface area contributed by atoms with Crippen molar-refractivity contribution in [1.82, 2.24) is 14.5 Å². The van der Waals surface area contributed by atoms with Crippen LogP contribution in [0.5, 0.6) is 0 Å². The molecule has 17 heavy (non-hydrogen) atoms. The molecule has 0 saturated carbocycles. The average Bonchev–Trinajstić information content (AvgIpc) is 3.00. The maximum absolute atomic E-state index is 4.26. The number of hydrogen-bond acceptors (Lipinski definition) is 3. The van der Waals surface area contributed by atoms with Gasteiger partial charge in [0, 0.05) is 18.9 Å². The van der Waals surface area contributed by atoms with Gasteiger partial charge in [-0.05, 0) is 34.1 Å². The molecule has 1 aliphatic heterocycles. The summed E-state index contributed by atoms with van der Waals surface area (Å²) in [6.07, 6.45) is 12.0. The van der Waals surface area contributed by atoms with Gasteiger partial charge in [-0.3, -0.25) is 0 Å². The Kier molecular flexibility index (Phi) is 2.68. The van der Waals surface area contributed by atoms with E-state index in [4.69, 9.17) is 0 Å². The Bertz CT molecular complexity index is 518. The molecule has 0 radical (unpaired) electrons. The predicted octanol–water partition coefficient (Wildman–Crippen LogP) is 2.62. The van der Waals surface area contributed by atoms with Gasteiger partial charge in [-0.2, -0.15) is 0 Å². The Morgan fingerprint density at radius 1 is 1.35 bits per heavy atom. The largest absolute Gasteiger partial charge is 0.342 e. The van der Waals surface area contributed by atoms with Crippen LogP contribution in [0.1, 0.15) is 6.17 Å². The fourth-order valence-electron chi connectivity index (χ4n) is 1.99. The van der Waals surface area contributed by atoms with Gasteiger partial charge in [0.1, 0.15) is 10.8 Å². The molecule has 0 aliphatic carbocycles.